The van der Waals surface area contributed by atoms with Crippen LogP contribution in [0, 0.1) is 5.92 Å². The molecule has 1 fully saturated rings. The molecule has 0 unspecified atom stereocenters. The van der Waals surface area contributed by atoms with E-state index in [1.807, 2.05) is 11.0 Å². The summed E-state index contributed by atoms with van der Waals surface area (Å²) in [7, 11) is -3.76. The van der Waals surface area contributed by atoms with E-state index in [9.17, 15) is 18.0 Å². The largest absolute Gasteiger partial charge is 0.326 e. The van der Waals surface area contributed by atoms with Crippen LogP contribution in [0.25, 0.3) is 0 Å². The van der Waals surface area contributed by atoms with E-state index in [0.29, 0.717) is 24.3 Å². The number of hydrogen-bond donors (Lipinski definition) is 2. The maximum absolute atomic E-state index is 12.7. The van der Waals surface area contributed by atoms with E-state index >= 15 is 0 Å². The van der Waals surface area contributed by atoms with Gasteiger partial charge in [-0.05, 0) is 67.3 Å². The molecular formula is C21H23N3O4S. The fraction of sp³-hybridized carbons (Fsp3) is 0.333. The molecule has 2 aromatic rings. The molecule has 7 nitrogen and oxygen atoms in total. The molecule has 2 N–H and O–H groups in total. The summed E-state index contributed by atoms with van der Waals surface area (Å²) in [6.45, 7) is 2.39. The molecule has 152 valence electrons. The maximum atomic E-state index is 12.7. The standard InChI is InChI=1S/C21H23N3O4S/c1-2-20(25)22-16-5-8-18(9-6-16)29(27,28)23-17-7-10-19-15(13-17)11-12-24(19)21(26)14-3-4-14/h5-10,13-14,23H,2-4,11-12H2,1H3,(H,22,25). The van der Waals surface area contributed by atoms with Crippen molar-refractivity contribution in [1.82, 2.24) is 0 Å². The number of sulfonamides is 1. The van der Waals surface area contributed by atoms with E-state index in [1.54, 1.807) is 31.2 Å². The zero-order valence-corrected chi connectivity index (χ0v) is 17.0. The molecule has 1 aliphatic carbocycles. The summed E-state index contributed by atoms with van der Waals surface area (Å²) in [4.78, 5) is 25.7. The Balaban J connectivity index is 1.48. The molecule has 4 rings (SSSR count). The van der Waals surface area contributed by atoms with Crippen LogP contribution in [-0.2, 0) is 26.0 Å². The Morgan fingerprint density at radius 1 is 1.07 bits per heavy atom. The molecule has 29 heavy (non-hydrogen) atoms. The van der Waals surface area contributed by atoms with E-state index in [2.05, 4.69) is 10.0 Å². The van der Waals surface area contributed by atoms with E-state index in [4.69, 9.17) is 0 Å². The average Bonchev–Trinajstić information content (AvgIpc) is 3.47. The van der Waals surface area contributed by atoms with Crippen molar-refractivity contribution in [2.75, 3.05) is 21.5 Å². The highest BCUT2D eigenvalue weighted by Crippen LogP contribution is 2.37. The van der Waals surface area contributed by atoms with Crippen LogP contribution in [0.1, 0.15) is 31.7 Å². The number of nitrogens with zero attached hydrogens (tertiary/aromatic N) is 1. The van der Waals surface area contributed by atoms with Crippen LogP contribution >= 0.6 is 0 Å². The van der Waals surface area contributed by atoms with Crippen LogP contribution in [-0.4, -0.2) is 26.8 Å². The van der Waals surface area contributed by atoms with Gasteiger partial charge in [0, 0.05) is 35.9 Å². The van der Waals surface area contributed by atoms with Crippen LogP contribution < -0.4 is 14.9 Å². The highest BCUT2D eigenvalue weighted by atomic mass is 32.2. The van der Waals surface area contributed by atoms with Gasteiger partial charge in [0.2, 0.25) is 11.8 Å². The van der Waals surface area contributed by atoms with Gasteiger partial charge in [-0.2, -0.15) is 0 Å². The highest BCUT2D eigenvalue weighted by molar-refractivity contribution is 7.92. The molecule has 2 amide bonds. The van der Waals surface area contributed by atoms with Crippen molar-refractivity contribution in [2.24, 2.45) is 5.92 Å². The lowest BCUT2D eigenvalue weighted by molar-refractivity contribution is -0.119. The first-order valence-corrected chi connectivity index (χ1v) is 11.2. The third-order valence-corrected chi connectivity index (χ3v) is 6.59. The van der Waals surface area contributed by atoms with Crippen molar-refractivity contribution in [3.8, 4) is 0 Å². The van der Waals surface area contributed by atoms with Gasteiger partial charge in [-0.1, -0.05) is 6.92 Å². The average molecular weight is 413 g/mol. The zero-order valence-electron chi connectivity index (χ0n) is 16.1. The summed E-state index contributed by atoms with van der Waals surface area (Å²) in [6.07, 6.45) is 2.99. The molecule has 0 saturated heterocycles. The smallest absolute Gasteiger partial charge is 0.261 e. The third kappa shape index (κ3) is 4.12. The number of benzene rings is 2. The van der Waals surface area contributed by atoms with Gasteiger partial charge in [-0.3, -0.25) is 14.3 Å². The first-order chi connectivity index (χ1) is 13.9. The highest BCUT2D eigenvalue weighted by Gasteiger charge is 2.36. The Kier molecular flexibility index (Phi) is 5.04. The van der Waals surface area contributed by atoms with Gasteiger partial charge >= 0.3 is 0 Å². The Bertz CT molecular complexity index is 1060. The second kappa shape index (κ2) is 7.51. The van der Waals surface area contributed by atoms with Gasteiger partial charge < -0.3 is 10.2 Å². The molecule has 0 radical (unpaired) electrons. The minimum absolute atomic E-state index is 0.109. The minimum Gasteiger partial charge on any atom is -0.326 e. The number of anilines is 3. The van der Waals surface area contributed by atoms with Crippen LogP contribution in [0.4, 0.5) is 17.1 Å². The van der Waals surface area contributed by atoms with Crippen LogP contribution in [0.2, 0.25) is 0 Å². The molecule has 8 heteroatoms. The van der Waals surface area contributed by atoms with E-state index in [1.165, 1.54) is 12.1 Å². The lowest BCUT2D eigenvalue weighted by atomic mass is 10.1. The number of fused-ring (bicyclic) bond motifs is 1. The number of carbonyl (C=O) groups excluding carboxylic acids is 2. The molecule has 1 heterocycles. The quantitative estimate of drug-likeness (QED) is 0.761. The number of amides is 2. The summed E-state index contributed by atoms with van der Waals surface area (Å²) in [5, 5.41) is 2.69. The number of rotatable bonds is 6. The zero-order chi connectivity index (χ0) is 20.6. The maximum Gasteiger partial charge on any atom is 0.261 e. The Labute approximate surface area is 170 Å². The topological polar surface area (TPSA) is 95.6 Å². The Morgan fingerprint density at radius 3 is 2.41 bits per heavy atom. The molecule has 1 aliphatic heterocycles. The first kappa shape index (κ1) is 19.4. The van der Waals surface area contributed by atoms with Gasteiger partial charge in [0.1, 0.15) is 0 Å². The Morgan fingerprint density at radius 2 is 1.76 bits per heavy atom. The van der Waals surface area contributed by atoms with Crippen LogP contribution in [0.3, 0.4) is 0 Å². The third-order valence-electron chi connectivity index (χ3n) is 5.19. The van der Waals surface area contributed by atoms with Crippen molar-refractivity contribution < 1.29 is 18.0 Å². The minimum atomic E-state index is -3.76. The molecule has 0 aromatic heterocycles. The van der Waals surface area contributed by atoms with Gasteiger partial charge in [-0.15, -0.1) is 0 Å². The molecule has 2 aliphatic rings. The lowest BCUT2D eigenvalue weighted by Gasteiger charge is -2.17. The van der Waals surface area contributed by atoms with Crippen molar-refractivity contribution in [3.05, 3.63) is 48.0 Å². The lowest BCUT2D eigenvalue weighted by Crippen LogP contribution is -2.30. The predicted octanol–water partition coefficient (Wildman–Crippen LogP) is 3.14. The first-order valence-electron chi connectivity index (χ1n) is 9.74. The summed E-state index contributed by atoms with van der Waals surface area (Å²) < 4.78 is 28.0. The number of hydrogen-bond acceptors (Lipinski definition) is 4. The number of nitrogens with one attached hydrogen (secondary N) is 2. The predicted molar refractivity (Wildman–Crippen MR) is 111 cm³/mol. The normalized spacial score (nSPS) is 15.7. The fourth-order valence-corrected chi connectivity index (χ4v) is 4.48. The van der Waals surface area contributed by atoms with Gasteiger partial charge in [0.15, 0.2) is 0 Å². The van der Waals surface area contributed by atoms with Gasteiger partial charge in [0.25, 0.3) is 10.0 Å². The molecule has 2 aromatic carbocycles. The Hall–Kier alpha value is -2.87. The monoisotopic (exact) mass is 413 g/mol. The SMILES string of the molecule is CCC(=O)Nc1ccc(S(=O)(=O)Nc2ccc3c(c2)CCN3C(=O)C2CC2)cc1. The van der Waals surface area contributed by atoms with Crippen molar-refractivity contribution >= 4 is 38.9 Å². The molecule has 0 bridgehead atoms. The molecule has 1 saturated carbocycles. The second-order valence-corrected chi connectivity index (χ2v) is 9.07. The van der Waals surface area contributed by atoms with Crippen LogP contribution in [0.5, 0.6) is 0 Å². The van der Waals surface area contributed by atoms with E-state index < -0.39 is 10.0 Å². The summed E-state index contributed by atoms with van der Waals surface area (Å²) in [5.74, 6) is 0.197. The fourth-order valence-electron chi connectivity index (χ4n) is 3.43. The van der Waals surface area contributed by atoms with Crippen molar-refractivity contribution in [1.29, 1.82) is 0 Å². The summed E-state index contributed by atoms with van der Waals surface area (Å²) >= 11 is 0. The molecule has 0 atom stereocenters. The van der Waals surface area contributed by atoms with Gasteiger partial charge in [-0.25, -0.2) is 8.42 Å². The van der Waals surface area contributed by atoms with Gasteiger partial charge in [0.05, 0.1) is 4.90 Å². The van der Waals surface area contributed by atoms with E-state index in [0.717, 1.165) is 30.5 Å². The second-order valence-electron chi connectivity index (χ2n) is 7.39. The molecule has 0 spiro atoms. The van der Waals surface area contributed by atoms with Crippen LogP contribution in [0.15, 0.2) is 47.4 Å². The van der Waals surface area contributed by atoms with Crippen molar-refractivity contribution in [3.63, 3.8) is 0 Å². The number of carbonyl (C=O) groups is 2. The summed E-state index contributed by atoms with van der Waals surface area (Å²) in [6, 6.07) is 11.3. The van der Waals surface area contributed by atoms with E-state index in [-0.39, 0.29) is 22.6 Å². The molecular weight excluding hydrogens is 390 g/mol. The van der Waals surface area contributed by atoms with Crippen molar-refractivity contribution in [2.45, 2.75) is 37.5 Å². The summed E-state index contributed by atoms with van der Waals surface area (Å²) in [5.41, 5.74) is 2.86.